The molecule has 0 radical (unpaired) electrons. The molecular weight excluding hydrogens is 580 g/mol. The predicted octanol–water partition coefficient (Wildman–Crippen LogP) is 3.49. The number of aryl methyl sites for hydroxylation is 1. The van der Waals surface area contributed by atoms with E-state index in [4.69, 9.17) is 0 Å². The fraction of sp³-hybridized carbons (Fsp3) is 0.235. The van der Waals surface area contributed by atoms with Gasteiger partial charge in [0.05, 0.1) is 17.6 Å². The van der Waals surface area contributed by atoms with Crippen LogP contribution < -0.4 is 34.2 Å². The van der Waals surface area contributed by atoms with E-state index in [0.29, 0.717) is 35.7 Å². The summed E-state index contributed by atoms with van der Waals surface area (Å²) in [5.41, 5.74) is 4.38. The Balaban J connectivity index is 0.00000529. The Bertz CT molecular complexity index is 1550. The third kappa shape index (κ3) is 9.18. The zero-order chi connectivity index (χ0) is 31.0. The number of carboxylic acids is 1. The second-order valence-corrected chi connectivity index (χ2v) is 11.2. The van der Waals surface area contributed by atoms with Gasteiger partial charge in [0.15, 0.2) is 0 Å². The fourth-order valence-corrected chi connectivity index (χ4v) is 5.30. The Labute approximate surface area is 272 Å². The van der Waals surface area contributed by atoms with Gasteiger partial charge in [0, 0.05) is 24.3 Å². The monoisotopic (exact) mass is 612 g/mol. The molecule has 0 aliphatic carbocycles. The minimum absolute atomic E-state index is 0. The van der Waals surface area contributed by atoms with Gasteiger partial charge >= 0.3 is 25.0 Å². The van der Waals surface area contributed by atoms with Crippen molar-refractivity contribution in [3.8, 4) is 11.1 Å². The first kappa shape index (κ1) is 34.8. The molecular formula is C34H32F3LiN2O3S. The Morgan fingerprint density at radius 1 is 0.864 bits per heavy atom. The second kappa shape index (κ2) is 15.9. The van der Waals surface area contributed by atoms with Crippen LogP contribution in [0.1, 0.15) is 39.0 Å². The Hall–Kier alpha value is -3.64. The van der Waals surface area contributed by atoms with Crippen molar-refractivity contribution in [1.29, 1.82) is 0 Å². The number of carbonyl (C=O) groups excluding carboxylic acids is 2. The smallest absolute Gasteiger partial charge is 0.548 e. The van der Waals surface area contributed by atoms with Crippen LogP contribution >= 0.6 is 11.8 Å². The zero-order valence-corrected chi connectivity index (χ0v) is 25.7. The first-order chi connectivity index (χ1) is 20.6. The van der Waals surface area contributed by atoms with Gasteiger partial charge in [-0.1, -0.05) is 60.7 Å². The third-order valence-electron chi connectivity index (χ3n) is 7.11. The topological polar surface area (TPSA) is 72.5 Å². The van der Waals surface area contributed by atoms with Crippen LogP contribution in [-0.2, 0) is 24.1 Å². The molecule has 44 heavy (non-hydrogen) atoms. The molecule has 0 aliphatic rings. The van der Waals surface area contributed by atoms with Crippen molar-refractivity contribution in [2.75, 3.05) is 16.9 Å². The molecule has 1 atom stereocenters. The molecule has 5 nitrogen and oxygen atoms in total. The molecule has 0 bridgehead atoms. The van der Waals surface area contributed by atoms with Crippen LogP contribution in [0.15, 0.2) is 97.1 Å². The molecule has 4 aromatic carbocycles. The van der Waals surface area contributed by atoms with Gasteiger partial charge in [0.1, 0.15) is 0 Å². The van der Waals surface area contributed by atoms with E-state index in [2.05, 4.69) is 5.32 Å². The Morgan fingerprint density at radius 3 is 2.11 bits per heavy atom. The van der Waals surface area contributed by atoms with Gasteiger partial charge in [-0.2, -0.15) is 24.9 Å². The van der Waals surface area contributed by atoms with Crippen LogP contribution in [0, 0.1) is 6.92 Å². The maximum atomic E-state index is 13.4. The number of hydrogen-bond acceptors (Lipinski definition) is 5. The molecule has 0 fully saturated rings. The standard InChI is InChI=1S/C34H33F3N2O3S.Li/c1-23-8-6-7-11-28(23)30-20-25(12-17-29(30)32(40)38-31(33(41)42)18-19-43-2)22-39(21-24-9-4-3-5-10-24)27-15-13-26(14-16-27)34(35,36)37;/h3-17,20,31H,18-19,21-22H2,1-2H3,(H,38,40)(H,41,42);/q;+1/p-1. The van der Waals surface area contributed by atoms with Crippen LogP contribution in [0.25, 0.3) is 11.1 Å². The quantitative estimate of drug-likeness (QED) is 0.248. The molecule has 0 heterocycles. The van der Waals surface area contributed by atoms with Crippen molar-refractivity contribution in [1.82, 2.24) is 5.32 Å². The van der Waals surface area contributed by atoms with E-state index in [1.165, 1.54) is 23.9 Å². The molecule has 0 aliphatic heterocycles. The van der Waals surface area contributed by atoms with E-state index < -0.39 is 29.7 Å². The van der Waals surface area contributed by atoms with Crippen LogP contribution in [0.4, 0.5) is 18.9 Å². The van der Waals surface area contributed by atoms with Crippen molar-refractivity contribution in [2.24, 2.45) is 0 Å². The van der Waals surface area contributed by atoms with Gasteiger partial charge in [-0.05, 0) is 89.6 Å². The number of nitrogens with one attached hydrogen (secondary N) is 1. The second-order valence-electron chi connectivity index (χ2n) is 10.2. The summed E-state index contributed by atoms with van der Waals surface area (Å²) in [7, 11) is 0. The van der Waals surface area contributed by atoms with Crippen molar-refractivity contribution in [3.05, 3.63) is 125 Å². The number of hydrogen-bond donors (Lipinski definition) is 1. The first-order valence-electron chi connectivity index (χ1n) is 13.7. The molecule has 224 valence electrons. The average molecular weight is 613 g/mol. The van der Waals surface area contributed by atoms with E-state index in [0.717, 1.165) is 34.4 Å². The number of halogens is 3. The summed E-state index contributed by atoms with van der Waals surface area (Å²) in [5.74, 6) is -1.32. The number of aliphatic carboxylic acids is 1. The average Bonchev–Trinajstić information content (AvgIpc) is 2.99. The number of anilines is 1. The summed E-state index contributed by atoms with van der Waals surface area (Å²) in [6.45, 7) is 2.71. The van der Waals surface area contributed by atoms with Crippen molar-refractivity contribution >= 4 is 29.3 Å². The molecule has 0 aromatic heterocycles. The minimum atomic E-state index is -4.44. The van der Waals surface area contributed by atoms with E-state index >= 15 is 0 Å². The molecule has 4 aromatic rings. The van der Waals surface area contributed by atoms with Gasteiger partial charge in [0.2, 0.25) is 0 Å². The number of rotatable bonds is 12. The molecule has 0 saturated carbocycles. The van der Waals surface area contributed by atoms with E-state index in [1.807, 2.05) is 78.7 Å². The largest absolute Gasteiger partial charge is 1.00 e. The van der Waals surface area contributed by atoms with Gasteiger partial charge in [0.25, 0.3) is 5.91 Å². The first-order valence-corrected chi connectivity index (χ1v) is 15.1. The number of amides is 1. The van der Waals surface area contributed by atoms with Crippen LogP contribution in [0.3, 0.4) is 0 Å². The van der Waals surface area contributed by atoms with Gasteiger partial charge in [-0.15, -0.1) is 0 Å². The Kier molecular flexibility index (Phi) is 12.6. The van der Waals surface area contributed by atoms with Crippen molar-refractivity contribution in [3.63, 3.8) is 0 Å². The van der Waals surface area contributed by atoms with Gasteiger partial charge < -0.3 is 20.1 Å². The number of alkyl halides is 3. The maximum absolute atomic E-state index is 13.4. The number of carbonyl (C=O) groups is 2. The van der Waals surface area contributed by atoms with E-state index in [-0.39, 0.29) is 25.3 Å². The normalized spacial score (nSPS) is 11.8. The van der Waals surface area contributed by atoms with Crippen LogP contribution in [-0.4, -0.2) is 29.9 Å². The maximum Gasteiger partial charge on any atom is 1.00 e. The summed E-state index contributed by atoms with van der Waals surface area (Å²) < 4.78 is 39.8. The summed E-state index contributed by atoms with van der Waals surface area (Å²) in [4.78, 5) is 27.1. The van der Waals surface area contributed by atoms with Gasteiger partial charge in [-0.25, -0.2) is 0 Å². The Morgan fingerprint density at radius 2 is 1.50 bits per heavy atom. The molecule has 0 spiro atoms. The van der Waals surface area contributed by atoms with Crippen LogP contribution in [0.5, 0.6) is 0 Å². The molecule has 0 saturated heterocycles. The number of carboxylic acid groups (broad SMARTS) is 1. The summed E-state index contributed by atoms with van der Waals surface area (Å²) in [5, 5.41) is 14.3. The summed E-state index contributed by atoms with van der Waals surface area (Å²) in [6, 6.07) is 26.5. The molecule has 1 N–H and O–H groups in total. The molecule has 1 amide bonds. The molecule has 10 heteroatoms. The fourth-order valence-electron chi connectivity index (χ4n) is 4.83. The van der Waals surface area contributed by atoms with Crippen molar-refractivity contribution < 1.29 is 46.7 Å². The number of nitrogens with zero attached hydrogens (tertiary/aromatic N) is 1. The summed E-state index contributed by atoms with van der Waals surface area (Å²) >= 11 is 1.48. The molecule has 1 unspecified atom stereocenters. The third-order valence-corrected chi connectivity index (χ3v) is 7.76. The SMILES string of the molecule is CSCCC(NC(=O)c1ccc(CN(Cc2ccccc2)c2ccc(C(F)(F)F)cc2)cc1-c1ccccc1C)C(=O)[O-].[Li+]. The van der Waals surface area contributed by atoms with Gasteiger partial charge in [-0.3, -0.25) is 4.79 Å². The zero-order valence-electron chi connectivity index (χ0n) is 24.9. The van der Waals surface area contributed by atoms with Crippen LogP contribution in [0.2, 0.25) is 0 Å². The number of benzene rings is 4. The molecule has 4 rings (SSSR count). The summed E-state index contributed by atoms with van der Waals surface area (Å²) in [6.07, 6.45) is -2.35. The minimum Gasteiger partial charge on any atom is -0.548 e. The van der Waals surface area contributed by atoms with E-state index in [1.54, 1.807) is 12.1 Å². The van der Waals surface area contributed by atoms with Crippen molar-refractivity contribution in [2.45, 2.75) is 38.7 Å². The number of thioether (sulfide) groups is 1. The van der Waals surface area contributed by atoms with E-state index in [9.17, 15) is 27.9 Å². The predicted molar refractivity (Wildman–Crippen MR) is 164 cm³/mol.